The molecule has 1 unspecified atom stereocenters. The van der Waals surface area contributed by atoms with Crippen LogP contribution in [-0.2, 0) is 4.74 Å². The number of halogens is 1. The van der Waals surface area contributed by atoms with Gasteiger partial charge in [0.15, 0.2) is 5.13 Å². The minimum Gasteiger partial charge on any atom is -0.377 e. The van der Waals surface area contributed by atoms with E-state index in [1.807, 2.05) is 6.92 Å². The van der Waals surface area contributed by atoms with Crippen LogP contribution in [0.15, 0.2) is 5.38 Å². The minimum absolute atomic E-state index is 0.425. The fourth-order valence-electron chi connectivity index (χ4n) is 1.51. The first-order chi connectivity index (χ1) is 6.81. The minimum atomic E-state index is 0.425. The Bertz CT molecular complexity index is 305. The summed E-state index contributed by atoms with van der Waals surface area (Å²) in [6, 6.07) is 0.425. The first-order valence-corrected chi connectivity index (χ1v) is 6.64. The maximum atomic E-state index is 5.44. The summed E-state index contributed by atoms with van der Waals surface area (Å²) < 4.78 is 5.44. The summed E-state index contributed by atoms with van der Waals surface area (Å²) in [6.07, 6.45) is 0. The zero-order chi connectivity index (χ0) is 9.97. The van der Waals surface area contributed by atoms with E-state index in [1.54, 1.807) is 11.3 Å². The Labute approximate surface area is 96.2 Å². The lowest BCUT2D eigenvalue weighted by molar-refractivity contribution is 0.100. The van der Waals surface area contributed by atoms with Crippen LogP contribution in [0.1, 0.15) is 5.69 Å². The first kappa shape index (κ1) is 10.4. The van der Waals surface area contributed by atoms with Crippen molar-refractivity contribution in [3.8, 4) is 0 Å². The standard InChI is InChI=1S/C9H13BrN2OS/c1-7-6-14-9(11-7)12-2-3-13-5-8(12)4-10/h6,8H,2-5H2,1H3. The van der Waals surface area contributed by atoms with Crippen LogP contribution in [-0.4, -0.2) is 36.1 Å². The second-order valence-corrected chi connectivity index (χ2v) is 4.83. The quantitative estimate of drug-likeness (QED) is 0.774. The second-order valence-electron chi connectivity index (χ2n) is 3.35. The van der Waals surface area contributed by atoms with E-state index < -0.39 is 0 Å². The highest BCUT2D eigenvalue weighted by molar-refractivity contribution is 9.09. The molecule has 0 saturated carbocycles. The van der Waals surface area contributed by atoms with Crippen molar-refractivity contribution in [1.82, 2.24) is 4.98 Å². The number of hydrogen-bond acceptors (Lipinski definition) is 4. The van der Waals surface area contributed by atoms with Crippen molar-refractivity contribution < 1.29 is 4.74 Å². The van der Waals surface area contributed by atoms with Crippen molar-refractivity contribution in [2.75, 3.05) is 30.0 Å². The van der Waals surface area contributed by atoms with Crippen molar-refractivity contribution in [2.45, 2.75) is 13.0 Å². The van der Waals surface area contributed by atoms with Crippen LogP contribution in [0.25, 0.3) is 0 Å². The van der Waals surface area contributed by atoms with Crippen molar-refractivity contribution in [2.24, 2.45) is 0 Å². The van der Waals surface area contributed by atoms with Crippen LogP contribution in [0.2, 0.25) is 0 Å². The molecule has 0 aromatic carbocycles. The predicted octanol–water partition coefficient (Wildman–Crippen LogP) is 2.05. The molecule has 1 aliphatic heterocycles. The number of rotatable bonds is 2. The Balaban J connectivity index is 2.14. The third kappa shape index (κ3) is 2.10. The van der Waals surface area contributed by atoms with Gasteiger partial charge in [0.2, 0.25) is 0 Å². The summed E-state index contributed by atoms with van der Waals surface area (Å²) in [5.74, 6) is 0. The van der Waals surface area contributed by atoms with Crippen molar-refractivity contribution in [3.05, 3.63) is 11.1 Å². The van der Waals surface area contributed by atoms with E-state index in [0.717, 1.165) is 35.9 Å². The highest BCUT2D eigenvalue weighted by Crippen LogP contribution is 2.24. The molecule has 2 heterocycles. The van der Waals surface area contributed by atoms with Crippen molar-refractivity contribution in [3.63, 3.8) is 0 Å². The summed E-state index contributed by atoms with van der Waals surface area (Å²) in [5, 5.41) is 4.15. The number of ether oxygens (including phenoxy) is 1. The van der Waals surface area contributed by atoms with Crippen LogP contribution in [0, 0.1) is 6.92 Å². The summed E-state index contributed by atoms with van der Waals surface area (Å²) in [4.78, 5) is 6.83. The number of hydrogen-bond donors (Lipinski definition) is 0. The molecule has 0 aliphatic carbocycles. The van der Waals surface area contributed by atoms with Crippen LogP contribution < -0.4 is 4.90 Å². The first-order valence-electron chi connectivity index (χ1n) is 4.63. The number of nitrogens with zero attached hydrogens (tertiary/aromatic N) is 2. The molecule has 1 atom stereocenters. The molecule has 5 heteroatoms. The SMILES string of the molecule is Cc1csc(N2CCOCC2CBr)n1. The average molecular weight is 277 g/mol. The summed E-state index contributed by atoms with van der Waals surface area (Å²) in [5.41, 5.74) is 1.10. The van der Waals surface area contributed by atoms with Crippen LogP contribution in [0.5, 0.6) is 0 Å². The predicted molar refractivity (Wildman–Crippen MR) is 62.6 cm³/mol. The zero-order valence-corrected chi connectivity index (χ0v) is 10.5. The largest absolute Gasteiger partial charge is 0.377 e. The fraction of sp³-hybridized carbons (Fsp3) is 0.667. The molecule has 0 N–H and O–H groups in total. The number of thiazole rings is 1. The van der Waals surface area contributed by atoms with E-state index in [4.69, 9.17) is 4.74 Å². The Morgan fingerprint density at radius 2 is 2.64 bits per heavy atom. The molecule has 1 fully saturated rings. The average Bonchev–Trinajstić information content (AvgIpc) is 2.65. The molecule has 78 valence electrons. The smallest absolute Gasteiger partial charge is 0.185 e. The third-order valence-electron chi connectivity index (χ3n) is 2.26. The van der Waals surface area contributed by atoms with E-state index in [1.165, 1.54) is 0 Å². The van der Waals surface area contributed by atoms with E-state index in [2.05, 4.69) is 31.2 Å². The summed E-state index contributed by atoms with van der Waals surface area (Å²) in [7, 11) is 0. The lowest BCUT2D eigenvalue weighted by atomic mass is 10.3. The Morgan fingerprint density at radius 1 is 1.79 bits per heavy atom. The number of alkyl halides is 1. The van der Waals surface area contributed by atoms with Crippen molar-refractivity contribution in [1.29, 1.82) is 0 Å². The van der Waals surface area contributed by atoms with Crippen LogP contribution in [0.4, 0.5) is 5.13 Å². The third-order valence-corrected chi connectivity index (χ3v) is 4.00. The highest BCUT2D eigenvalue weighted by Gasteiger charge is 2.23. The Hall–Kier alpha value is -0.130. The van der Waals surface area contributed by atoms with Gasteiger partial charge in [0, 0.05) is 17.3 Å². The molecular weight excluding hydrogens is 264 g/mol. The monoisotopic (exact) mass is 276 g/mol. The van der Waals surface area contributed by atoms with Crippen LogP contribution in [0.3, 0.4) is 0 Å². The lowest BCUT2D eigenvalue weighted by Crippen LogP contribution is -2.46. The summed E-state index contributed by atoms with van der Waals surface area (Å²) >= 11 is 5.22. The fourth-order valence-corrected chi connectivity index (χ4v) is 2.95. The Kier molecular flexibility index (Phi) is 3.41. The van der Waals surface area contributed by atoms with E-state index >= 15 is 0 Å². The van der Waals surface area contributed by atoms with Gasteiger partial charge < -0.3 is 9.64 Å². The van der Waals surface area contributed by atoms with E-state index in [0.29, 0.717) is 6.04 Å². The molecular formula is C9H13BrN2OS. The van der Waals surface area contributed by atoms with Crippen molar-refractivity contribution >= 4 is 32.4 Å². The molecule has 14 heavy (non-hydrogen) atoms. The maximum absolute atomic E-state index is 5.44. The van der Waals surface area contributed by atoms with Crippen LogP contribution >= 0.6 is 27.3 Å². The number of aryl methyl sites for hydroxylation is 1. The van der Waals surface area contributed by atoms with Gasteiger partial charge in [0.1, 0.15) is 0 Å². The molecule has 0 radical (unpaired) electrons. The number of morpholine rings is 1. The van der Waals surface area contributed by atoms with Gasteiger partial charge >= 0.3 is 0 Å². The Morgan fingerprint density at radius 3 is 3.29 bits per heavy atom. The molecule has 3 nitrogen and oxygen atoms in total. The maximum Gasteiger partial charge on any atom is 0.185 e. The van der Waals surface area contributed by atoms with Gasteiger partial charge in [-0.1, -0.05) is 15.9 Å². The van der Waals surface area contributed by atoms with Gasteiger partial charge in [-0.3, -0.25) is 0 Å². The number of aromatic nitrogens is 1. The molecule has 1 aromatic heterocycles. The van der Waals surface area contributed by atoms with Gasteiger partial charge in [-0.15, -0.1) is 11.3 Å². The topological polar surface area (TPSA) is 25.4 Å². The second kappa shape index (κ2) is 4.59. The van der Waals surface area contributed by atoms with E-state index in [9.17, 15) is 0 Å². The molecule has 1 aromatic rings. The van der Waals surface area contributed by atoms with Gasteiger partial charge in [-0.05, 0) is 6.92 Å². The molecule has 1 aliphatic rings. The molecule has 1 saturated heterocycles. The zero-order valence-electron chi connectivity index (χ0n) is 8.07. The van der Waals surface area contributed by atoms with E-state index in [-0.39, 0.29) is 0 Å². The number of anilines is 1. The van der Waals surface area contributed by atoms with Gasteiger partial charge in [-0.2, -0.15) is 0 Å². The summed E-state index contributed by atoms with van der Waals surface area (Å²) in [6.45, 7) is 4.58. The van der Waals surface area contributed by atoms with Gasteiger partial charge in [0.25, 0.3) is 0 Å². The molecule has 0 amide bonds. The molecule has 2 rings (SSSR count). The van der Waals surface area contributed by atoms with Gasteiger partial charge in [0.05, 0.1) is 24.9 Å². The van der Waals surface area contributed by atoms with Gasteiger partial charge in [-0.25, -0.2) is 4.98 Å². The normalized spacial score (nSPS) is 22.7. The lowest BCUT2D eigenvalue weighted by Gasteiger charge is -2.34. The molecule has 0 bridgehead atoms. The highest BCUT2D eigenvalue weighted by atomic mass is 79.9. The molecule has 0 spiro atoms.